The van der Waals surface area contributed by atoms with Gasteiger partial charge in [0.25, 0.3) is 0 Å². The summed E-state index contributed by atoms with van der Waals surface area (Å²) in [5.74, 6) is 0. The fourth-order valence-electron chi connectivity index (χ4n) is 2.66. The molecule has 0 bridgehead atoms. The standard InChI is InChI=1S/C17H21BrN2S/c1-12(19)8-13-2-5-17(16(18)9-13)20(15-3-4-15)10-14-6-7-21-11-14/h2,5-7,9,11-12,15H,3-4,8,10,19H2,1H3. The van der Waals surface area contributed by atoms with Crippen molar-refractivity contribution in [3.8, 4) is 0 Å². The van der Waals surface area contributed by atoms with E-state index in [1.807, 2.05) is 0 Å². The lowest BCUT2D eigenvalue weighted by Crippen LogP contribution is -2.25. The first-order valence-electron chi connectivity index (χ1n) is 7.45. The quantitative estimate of drug-likeness (QED) is 0.813. The van der Waals surface area contributed by atoms with Crippen molar-refractivity contribution in [1.82, 2.24) is 0 Å². The highest BCUT2D eigenvalue weighted by Crippen LogP contribution is 2.37. The number of nitrogens with two attached hydrogens (primary N) is 1. The minimum absolute atomic E-state index is 0.202. The Hall–Kier alpha value is -0.840. The van der Waals surface area contributed by atoms with Gasteiger partial charge in [0.15, 0.2) is 0 Å². The van der Waals surface area contributed by atoms with Gasteiger partial charge in [-0.15, -0.1) is 0 Å². The third-order valence-electron chi connectivity index (χ3n) is 3.80. The van der Waals surface area contributed by atoms with Crippen molar-refractivity contribution >= 4 is 33.0 Å². The van der Waals surface area contributed by atoms with Crippen molar-refractivity contribution in [3.63, 3.8) is 0 Å². The second-order valence-corrected chi connectivity index (χ2v) is 7.59. The summed E-state index contributed by atoms with van der Waals surface area (Å²) in [7, 11) is 0. The monoisotopic (exact) mass is 364 g/mol. The lowest BCUT2D eigenvalue weighted by atomic mass is 10.1. The Morgan fingerprint density at radius 1 is 1.33 bits per heavy atom. The van der Waals surface area contributed by atoms with Gasteiger partial charge in [0.05, 0.1) is 5.69 Å². The molecule has 2 nitrogen and oxygen atoms in total. The molecule has 1 aromatic carbocycles. The molecule has 4 heteroatoms. The molecule has 1 saturated carbocycles. The highest BCUT2D eigenvalue weighted by atomic mass is 79.9. The summed E-state index contributed by atoms with van der Waals surface area (Å²) >= 11 is 5.53. The normalized spacial score (nSPS) is 16.0. The van der Waals surface area contributed by atoms with Crippen LogP contribution >= 0.6 is 27.3 Å². The highest BCUT2D eigenvalue weighted by Gasteiger charge is 2.30. The van der Waals surface area contributed by atoms with E-state index in [9.17, 15) is 0 Å². The summed E-state index contributed by atoms with van der Waals surface area (Å²) in [5.41, 5.74) is 9.90. The predicted molar refractivity (Wildman–Crippen MR) is 95.0 cm³/mol. The van der Waals surface area contributed by atoms with Crippen molar-refractivity contribution in [3.05, 3.63) is 50.6 Å². The van der Waals surface area contributed by atoms with Crippen LogP contribution in [0.2, 0.25) is 0 Å². The predicted octanol–water partition coefficient (Wildman–Crippen LogP) is 4.57. The Labute approximate surface area is 139 Å². The molecule has 3 rings (SSSR count). The number of benzene rings is 1. The van der Waals surface area contributed by atoms with Crippen LogP contribution in [-0.2, 0) is 13.0 Å². The topological polar surface area (TPSA) is 29.3 Å². The summed E-state index contributed by atoms with van der Waals surface area (Å²) in [6.07, 6.45) is 3.53. The number of halogens is 1. The summed E-state index contributed by atoms with van der Waals surface area (Å²) in [4.78, 5) is 2.53. The summed E-state index contributed by atoms with van der Waals surface area (Å²) in [5, 5.41) is 4.40. The molecule has 21 heavy (non-hydrogen) atoms. The Balaban J connectivity index is 1.82. The zero-order valence-corrected chi connectivity index (χ0v) is 14.7. The molecule has 0 aliphatic heterocycles. The smallest absolute Gasteiger partial charge is 0.0516 e. The van der Waals surface area contributed by atoms with E-state index < -0.39 is 0 Å². The number of hydrogen-bond acceptors (Lipinski definition) is 3. The minimum atomic E-state index is 0.202. The number of anilines is 1. The maximum atomic E-state index is 5.90. The molecule has 112 valence electrons. The number of rotatable bonds is 6. The van der Waals surface area contributed by atoms with Crippen LogP contribution in [0.15, 0.2) is 39.5 Å². The third kappa shape index (κ3) is 3.87. The lowest BCUT2D eigenvalue weighted by molar-refractivity contribution is 0.736. The molecule has 1 fully saturated rings. The Bertz CT molecular complexity index is 591. The highest BCUT2D eigenvalue weighted by molar-refractivity contribution is 9.10. The van der Waals surface area contributed by atoms with Gasteiger partial charge in [0.1, 0.15) is 0 Å². The van der Waals surface area contributed by atoms with Crippen molar-refractivity contribution in [2.24, 2.45) is 5.73 Å². The molecule has 1 atom stereocenters. The van der Waals surface area contributed by atoms with Crippen LogP contribution in [0.3, 0.4) is 0 Å². The molecular formula is C17H21BrN2S. The molecule has 1 aliphatic rings. The number of thiophene rings is 1. The van der Waals surface area contributed by atoms with Gasteiger partial charge in [-0.1, -0.05) is 6.07 Å². The molecule has 0 amide bonds. The SMILES string of the molecule is CC(N)Cc1ccc(N(Cc2ccsc2)C2CC2)c(Br)c1. The number of nitrogens with zero attached hydrogens (tertiary/aromatic N) is 1. The van der Waals surface area contributed by atoms with Crippen molar-refractivity contribution in [2.45, 2.75) is 44.8 Å². The Morgan fingerprint density at radius 3 is 2.71 bits per heavy atom. The van der Waals surface area contributed by atoms with Crippen molar-refractivity contribution in [1.29, 1.82) is 0 Å². The zero-order valence-electron chi connectivity index (χ0n) is 12.3. The molecule has 0 radical (unpaired) electrons. The van der Waals surface area contributed by atoms with E-state index in [-0.39, 0.29) is 6.04 Å². The fraction of sp³-hybridized carbons (Fsp3) is 0.412. The number of hydrogen-bond donors (Lipinski definition) is 1. The first-order chi connectivity index (χ1) is 10.1. The molecule has 1 heterocycles. The summed E-state index contributed by atoms with van der Waals surface area (Å²) in [6.45, 7) is 3.05. The van der Waals surface area contributed by atoms with Gasteiger partial charge in [-0.3, -0.25) is 0 Å². The molecule has 1 aromatic heterocycles. The second kappa shape index (κ2) is 6.51. The maximum absolute atomic E-state index is 5.90. The van der Waals surface area contributed by atoms with E-state index in [2.05, 4.69) is 62.8 Å². The van der Waals surface area contributed by atoms with Gasteiger partial charge in [-0.05, 0) is 82.2 Å². The van der Waals surface area contributed by atoms with Crippen LogP contribution in [-0.4, -0.2) is 12.1 Å². The van der Waals surface area contributed by atoms with Gasteiger partial charge in [-0.25, -0.2) is 0 Å². The van der Waals surface area contributed by atoms with E-state index in [1.165, 1.54) is 34.1 Å². The van der Waals surface area contributed by atoms with Crippen LogP contribution in [0, 0.1) is 0 Å². The van der Waals surface area contributed by atoms with Gasteiger partial charge in [-0.2, -0.15) is 11.3 Å². The van der Waals surface area contributed by atoms with Crippen molar-refractivity contribution in [2.75, 3.05) is 4.90 Å². The van der Waals surface area contributed by atoms with Crippen LogP contribution in [0.25, 0.3) is 0 Å². The first-order valence-corrected chi connectivity index (χ1v) is 9.19. The Kier molecular flexibility index (Phi) is 4.67. The fourth-order valence-corrected chi connectivity index (χ4v) is 3.97. The summed E-state index contributed by atoms with van der Waals surface area (Å²) < 4.78 is 1.18. The van der Waals surface area contributed by atoms with Gasteiger partial charge < -0.3 is 10.6 Å². The van der Waals surface area contributed by atoms with Gasteiger partial charge >= 0.3 is 0 Å². The lowest BCUT2D eigenvalue weighted by Gasteiger charge is -2.26. The third-order valence-corrected chi connectivity index (χ3v) is 5.17. The molecule has 0 saturated heterocycles. The molecule has 0 spiro atoms. The van der Waals surface area contributed by atoms with Gasteiger partial charge in [0, 0.05) is 23.1 Å². The van der Waals surface area contributed by atoms with E-state index >= 15 is 0 Å². The van der Waals surface area contributed by atoms with Crippen molar-refractivity contribution < 1.29 is 0 Å². The van der Waals surface area contributed by atoms with E-state index in [4.69, 9.17) is 5.73 Å². The van der Waals surface area contributed by atoms with Crippen LogP contribution in [0.5, 0.6) is 0 Å². The average Bonchev–Trinajstić information content (AvgIpc) is 3.14. The second-order valence-electron chi connectivity index (χ2n) is 5.96. The van der Waals surface area contributed by atoms with E-state index in [0.29, 0.717) is 6.04 Å². The molecule has 2 aromatic rings. The maximum Gasteiger partial charge on any atom is 0.0516 e. The first kappa shape index (κ1) is 15.1. The average molecular weight is 365 g/mol. The molecule has 2 N–H and O–H groups in total. The minimum Gasteiger partial charge on any atom is -0.363 e. The van der Waals surface area contributed by atoms with Gasteiger partial charge in [0.2, 0.25) is 0 Å². The Morgan fingerprint density at radius 2 is 2.14 bits per heavy atom. The largest absolute Gasteiger partial charge is 0.363 e. The molecule has 1 unspecified atom stereocenters. The molecule has 1 aliphatic carbocycles. The molecular weight excluding hydrogens is 344 g/mol. The van der Waals surface area contributed by atoms with Crippen LogP contribution in [0.4, 0.5) is 5.69 Å². The van der Waals surface area contributed by atoms with E-state index in [0.717, 1.165) is 13.0 Å². The zero-order chi connectivity index (χ0) is 14.8. The summed E-state index contributed by atoms with van der Waals surface area (Å²) in [6, 6.07) is 9.80. The van der Waals surface area contributed by atoms with Crippen LogP contribution < -0.4 is 10.6 Å². The van der Waals surface area contributed by atoms with E-state index in [1.54, 1.807) is 11.3 Å². The van der Waals surface area contributed by atoms with Crippen LogP contribution in [0.1, 0.15) is 30.9 Å².